The van der Waals surface area contributed by atoms with Gasteiger partial charge in [0.25, 0.3) is 5.69 Å². The molecule has 9 heteroatoms. The van der Waals surface area contributed by atoms with E-state index in [4.69, 9.17) is 4.84 Å². The lowest BCUT2D eigenvalue weighted by Crippen LogP contribution is -2.41. The molecule has 6 atom stereocenters. The Labute approximate surface area is 188 Å². The zero-order valence-corrected chi connectivity index (χ0v) is 17.6. The largest absolute Gasteiger partial charge is 0.391 e. The van der Waals surface area contributed by atoms with Crippen LogP contribution in [0.2, 0.25) is 0 Å². The van der Waals surface area contributed by atoms with Gasteiger partial charge in [-0.25, -0.2) is 0 Å². The number of ketones is 1. The van der Waals surface area contributed by atoms with Gasteiger partial charge in [0.2, 0.25) is 11.8 Å². The molecule has 2 aromatic carbocycles. The van der Waals surface area contributed by atoms with Crippen molar-refractivity contribution in [1.29, 1.82) is 0 Å². The number of amides is 2. The van der Waals surface area contributed by atoms with Gasteiger partial charge in [0, 0.05) is 35.1 Å². The molecule has 2 heterocycles. The highest BCUT2D eigenvalue weighted by Crippen LogP contribution is 2.62. The van der Waals surface area contributed by atoms with Crippen LogP contribution in [0.5, 0.6) is 0 Å². The fourth-order valence-corrected chi connectivity index (χ4v) is 6.22. The number of nitrogens with zero attached hydrogens (tertiary/aromatic N) is 3. The Morgan fingerprint density at radius 1 is 1.00 bits per heavy atom. The van der Waals surface area contributed by atoms with Gasteiger partial charge in [0.15, 0.2) is 5.78 Å². The molecule has 2 amide bonds. The molecular weight excluding hydrogens is 426 g/mol. The Morgan fingerprint density at radius 2 is 1.64 bits per heavy atom. The fraction of sp³-hybridized carbons (Fsp3) is 0.333. The summed E-state index contributed by atoms with van der Waals surface area (Å²) < 4.78 is 0. The number of nitro benzene ring substituents is 1. The maximum absolute atomic E-state index is 13.4. The minimum absolute atomic E-state index is 0.00850. The zero-order chi connectivity index (χ0) is 23.0. The van der Waals surface area contributed by atoms with Crippen LogP contribution in [-0.2, 0) is 14.4 Å². The van der Waals surface area contributed by atoms with Crippen LogP contribution in [-0.4, -0.2) is 34.3 Å². The van der Waals surface area contributed by atoms with Gasteiger partial charge in [0.05, 0.1) is 28.2 Å². The molecule has 166 valence electrons. The van der Waals surface area contributed by atoms with Crippen LogP contribution >= 0.6 is 0 Å². The van der Waals surface area contributed by atoms with E-state index in [-0.39, 0.29) is 47.1 Å². The number of fused-ring (bicyclic) bond motifs is 8. The highest BCUT2D eigenvalue weighted by Gasteiger charge is 2.70. The number of anilines is 1. The molecule has 2 aliphatic heterocycles. The number of benzene rings is 2. The van der Waals surface area contributed by atoms with Crippen molar-refractivity contribution in [1.82, 2.24) is 0 Å². The monoisotopic (exact) mass is 445 g/mol. The third-order valence-electron chi connectivity index (χ3n) is 7.60. The van der Waals surface area contributed by atoms with Gasteiger partial charge in [0.1, 0.15) is 6.10 Å². The van der Waals surface area contributed by atoms with Crippen molar-refractivity contribution in [3.8, 4) is 0 Å². The first-order chi connectivity index (χ1) is 15.9. The highest BCUT2D eigenvalue weighted by atomic mass is 16.6. The van der Waals surface area contributed by atoms with Crippen LogP contribution in [0.3, 0.4) is 0 Å². The topological polar surface area (TPSA) is 119 Å². The van der Waals surface area contributed by atoms with Gasteiger partial charge < -0.3 is 4.84 Å². The average Bonchev–Trinajstić information content (AvgIpc) is 3.54. The summed E-state index contributed by atoms with van der Waals surface area (Å²) in [5, 5.41) is 15.2. The molecule has 33 heavy (non-hydrogen) atoms. The number of nitro groups is 1. The molecule has 9 nitrogen and oxygen atoms in total. The maximum atomic E-state index is 13.4. The third-order valence-corrected chi connectivity index (χ3v) is 7.60. The lowest BCUT2D eigenvalue weighted by Gasteiger charge is -2.29. The standard InChI is InChI=1S/C24H19N3O6/c1-11(28)12-2-6-14(7-3-12)26-23(29)18-16-10-17(19(18)24(26)30)22-20(16)21(25-33-22)13-4-8-15(9-5-13)27(31)32/h2-9,16-20,22H,10H2,1H3/t16-,17+,18-,19+,20+,22-/m1/s1. The molecule has 4 aliphatic rings. The Morgan fingerprint density at radius 3 is 2.24 bits per heavy atom. The van der Waals surface area contributed by atoms with Gasteiger partial charge in [-0.05, 0) is 55.7 Å². The van der Waals surface area contributed by atoms with Crippen molar-refractivity contribution >= 4 is 34.7 Å². The molecule has 6 rings (SSSR count). The highest BCUT2D eigenvalue weighted by molar-refractivity contribution is 6.23. The normalized spacial score (nSPS) is 31.3. The van der Waals surface area contributed by atoms with Crippen LogP contribution in [0.4, 0.5) is 11.4 Å². The lowest BCUT2D eigenvalue weighted by molar-refractivity contribution is -0.384. The SMILES string of the molecule is CC(=O)c1ccc(N2C(=O)[C@@H]3[C@H]4C[C@H]([C@H]5ON=C(c6ccc([N+](=O)[O-])cc6)[C@H]45)[C@@H]3C2=O)cc1. The number of non-ortho nitro benzene ring substituents is 1. The van der Waals surface area contributed by atoms with Gasteiger partial charge in [-0.2, -0.15) is 0 Å². The Hall–Kier alpha value is -3.88. The molecule has 0 aromatic heterocycles. The van der Waals surface area contributed by atoms with E-state index >= 15 is 0 Å². The quantitative estimate of drug-likeness (QED) is 0.309. The summed E-state index contributed by atoms with van der Waals surface area (Å²) in [7, 11) is 0. The van der Waals surface area contributed by atoms with Crippen molar-refractivity contribution < 1.29 is 24.1 Å². The van der Waals surface area contributed by atoms with Crippen molar-refractivity contribution in [2.24, 2.45) is 34.7 Å². The summed E-state index contributed by atoms with van der Waals surface area (Å²) in [6.07, 6.45) is 0.434. The van der Waals surface area contributed by atoms with E-state index < -0.39 is 16.8 Å². The third kappa shape index (κ3) is 2.65. The number of carbonyl (C=O) groups is 3. The second kappa shape index (κ2) is 6.81. The second-order valence-corrected chi connectivity index (χ2v) is 9.11. The first-order valence-electron chi connectivity index (χ1n) is 10.8. The number of hydrogen-bond acceptors (Lipinski definition) is 7. The van der Waals surface area contributed by atoms with Crippen molar-refractivity contribution in [3.05, 3.63) is 69.8 Å². The smallest absolute Gasteiger partial charge is 0.269 e. The minimum atomic E-state index is -0.456. The number of rotatable bonds is 4. The number of Topliss-reactive ketones (excluding diaryl/α,β-unsaturated/α-hetero) is 1. The Balaban J connectivity index is 1.30. The number of oxime groups is 1. The first-order valence-corrected chi connectivity index (χ1v) is 10.8. The van der Waals surface area contributed by atoms with Crippen molar-refractivity contribution in [2.75, 3.05) is 4.90 Å². The van der Waals surface area contributed by atoms with Gasteiger partial charge >= 0.3 is 0 Å². The summed E-state index contributed by atoms with van der Waals surface area (Å²) in [4.78, 5) is 55.9. The van der Waals surface area contributed by atoms with Crippen molar-refractivity contribution in [2.45, 2.75) is 19.4 Å². The molecule has 0 unspecified atom stereocenters. The van der Waals surface area contributed by atoms with E-state index in [9.17, 15) is 24.5 Å². The Bertz CT molecular complexity index is 1250. The summed E-state index contributed by atoms with van der Waals surface area (Å²) in [6.45, 7) is 1.46. The van der Waals surface area contributed by atoms with Gasteiger partial charge in [-0.3, -0.25) is 29.4 Å². The number of imide groups is 1. The molecule has 2 aliphatic carbocycles. The zero-order valence-electron chi connectivity index (χ0n) is 17.6. The van der Waals surface area contributed by atoms with Gasteiger partial charge in [-0.15, -0.1) is 0 Å². The molecule has 0 spiro atoms. The molecule has 2 saturated carbocycles. The fourth-order valence-electron chi connectivity index (χ4n) is 6.22. The van der Waals surface area contributed by atoms with E-state index in [1.807, 2.05) is 0 Å². The Kier molecular flexibility index (Phi) is 4.08. The predicted molar refractivity (Wildman–Crippen MR) is 116 cm³/mol. The van der Waals surface area contributed by atoms with E-state index in [0.717, 1.165) is 5.56 Å². The second-order valence-electron chi connectivity index (χ2n) is 9.11. The van der Waals surface area contributed by atoms with Crippen LogP contribution < -0.4 is 4.90 Å². The predicted octanol–water partition coefficient (Wildman–Crippen LogP) is 2.97. The molecule has 0 radical (unpaired) electrons. The maximum Gasteiger partial charge on any atom is 0.269 e. The minimum Gasteiger partial charge on any atom is -0.391 e. The number of carbonyl (C=O) groups excluding carboxylic acids is 3. The summed E-state index contributed by atoms with van der Waals surface area (Å²) in [5.41, 5.74) is 2.39. The summed E-state index contributed by atoms with van der Waals surface area (Å²) in [5.74, 6) is -1.74. The van der Waals surface area contributed by atoms with E-state index in [1.54, 1.807) is 36.4 Å². The van der Waals surface area contributed by atoms with Crippen LogP contribution in [0.15, 0.2) is 53.7 Å². The van der Waals surface area contributed by atoms with Crippen molar-refractivity contribution in [3.63, 3.8) is 0 Å². The van der Waals surface area contributed by atoms with Crippen LogP contribution in [0, 0.1) is 39.7 Å². The van der Waals surface area contributed by atoms with Crippen LogP contribution in [0.1, 0.15) is 29.3 Å². The van der Waals surface area contributed by atoms with E-state index in [2.05, 4.69) is 5.16 Å². The molecule has 0 N–H and O–H groups in total. The van der Waals surface area contributed by atoms with Crippen LogP contribution in [0.25, 0.3) is 0 Å². The molecule has 1 saturated heterocycles. The number of hydrogen-bond donors (Lipinski definition) is 0. The average molecular weight is 445 g/mol. The summed E-state index contributed by atoms with van der Waals surface area (Å²) >= 11 is 0. The lowest BCUT2D eigenvalue weighted by atomic mass is 9.71. The summed E-state index contributed by atoms with van der Waals surface area (Å²) in [6, 6.07) is 12.7. The molecule has 3 fully saturated rings. The van der Waals surface area contributed by atoms with Gasteiger partial charge in [-0.1, -0.05) is 5.16 Å². The van der Waals surface area contributed by atoms with E-state index in [1.165, 1.54) is 24.0 Å². The first kappa shape index (κ1) is 19.8. The molecule has 2 aromatic rings. The molecular formula is C24H19N3O6. The van der Waals surface area contributed by atoms with E-state index in [0.29, 0.717) is 23.4 Å². The molecule has 2 bridgehead atoms.